The Balaban J connectivity index is 2.69. The van der Waals surface area contributed by atoms with Gasteiger partial charge in [0.05, 0.1) is 20.3 Å². The Morgan fingerprint density at radius 3 is 2.70 bits per heavy atom. The molecule has 112 valence electrons. The Labute approximate surface area is 120 Å². The molecule has 1 aromatic carbocycles. The fourth-order valence-corrected chi connectivity index (χ4v) is 2.83. The van der Waals surface area contributed by atoms with Crippen molar-refractivity contribution < 1.29 is 17.9 Å². The Kier molecular flexibility index (Phi) is 6.19. The van der Waals surface area contributed by atoms with Crippen molar-refractivity contribution in [3.8, 4) is 5.75 Å². The van der Waals surface area contributed by atoms with Gasteiger partial charge in [0, 0.05) is 6.54 Å². The molecule has 0 radical (unpaired) electrons. The highest BCUT2D eigenvalue weighted by molar-refractivity contribution is 7.89. The minimum Gasteiger partial charge on any atom is -0.495 e. The number of hydrogen-bond donors (Lipinski definition) is 1. The number of benzene rings is 1. The molecule has 0 heterocycles. The zero-order chi connectivity index (χ0) is 15.2. The van der Waals surface area contributed by atoms with Gasteiger partial charge in [-0.2, -0.15) is 0 Å². The molecule has 1 N–H and O–H groups in total. The second-order valence-corrected chi connectivity index (χ2v) is 6.30. The molecule has 5 nitrogen and oxygen atoms in total. The van der Waals surface area contributed by atoms with E-state index in [9.17, 15) is 8.42 Å². The van der Waals surface area contributed by atoms with Crippen molar-refractivity contribution in [1.82, 2.24) is 4.72 Å². The van der Waals surface area contributed by atoms with Gasteiger partial charge in [0.25, 0.3) is 0 Å². The van der Waals surface area contributed by atoms with E-state index in [-0.39, 0.29) is 11.4 Å². The summed E-state index contributed by atoms with van der Waals surface area (Å²) in [7, 11) is -2.16. The van der Waals surface area contributed by atoms with Gasteiger partial charge >= 0.3 is 0 Å². The van der Waals surface area contributed by atoms with Gasteiger partial charge < -0.3 is 9.47 Å². The molecular formula is C14H21NO4S. The molecule has 0 saturated heterocycles. The Hall–Kier alpha value is -1.37. The van der Waals surface area contributed by atoms with E-state index in [1.165, 1.54) is 7.11 Å². The summed E-state index contributed by atoms with van der Waals surface area (Å²) >= 11 is 0. The number of methoxy groups -OCH3 is 1. The average Bonchev–Trinajstić information content (AvgIpc) is 2.37. The fourth-order valence-electron chi connectivity index (χ4n) is 1.57. The summed E-state index contributed by atoms with van der Waals surface area (Å²) in [6.45, 7) is 8.30. The van der Waals surface area contributed by atoms with E-state index in [1.807, 2.05) is 13.8 Å². The van der Waals surface area contributed by atoms with Crippen LogP contribution in [0.25, 0.3) is 0 Å². The minimum absolute atomic E-state index is 0.139. The molecule has 0 bridgehead atoms. The van der Waals surface area contributed by atoms with Crippen LogP contribution in [-0.4, -0.2) is 35.3 Å². The normalized spacial score (nSPS) is 11.3. The largest absolute Gasteiger partial charge is 0.495 e. The molecule has 0 aliphatic carbocycles. The smallest absolute Gasteiger partial charge is 0.244 e. The van der Waals surface area contributed by atoms with Gasteiger partial charge in [-0.05, 0) is 31.5 Å². The van der Waals surface area contributed by atoms with E-state index in [2.05, 4.69) is 11.3 Å². The van der Waals surface area contributed by atoms with Crippen molar-refractivity contribution in [3.05, 3.63) is 35.9 Å². The molecular weight excluding hydrogens is 278 g/mol. The van der Waals surface area contributed by atoms with Crippen molar-refractivity contribution in [2.75, 3.05) is 26.9 Å². The van der Waals surface area contributed by atoms with Crippen LogP contribution < -0.4 is 9.46 Å². The molecule has 1 rings (SSSR count). The maximum atomic E-state index is 12.2. The number of sulfonamides is 1. The molecule has 0 aliphatic rings. The highest BCUT2D eigenvalue weighted by Gasteiger charge is 2.18. The lowest BCUT2D eigenvalue weighted by atomic mass is 10.2. The monoisotopic (exact) mass is 299 g/mol. The summed E-state index contributed by atoms with van der Waals surface area (Å²) in [5.41, 5.74) is 1.75. The maximum absolute atomic E-state index is 12.2. The molecule has 0 fully saturated rings. The quantitative estimate of drug-likeness (QED) is 0.588. The predicted molar refractivity (Wildman–Crippen MR) is 78.6 cm³/mol. The Morgan fingerprint density at radius 1 is 1.40 bits per heavy atom. The number of hydrogen-bond acceptors (Lipinski definition) is 4. The molecule has 0 spiro atoms. The Morgan fingerprint density at radius 2 is 2.10 bits per heavy atom. The summed E-state index contributed by atoms with van der Waals surface area (Å²) in [5, 5.41) is 0. The molecule has 0 saturated carbocycles. The van der Waals surface area contributed by atoms with Crippen molar-refractivity contribution >= 4 is 10.0 Å². The summed E-state index contributed by atoms with van der Waals surface area (Å²) in [5.74, 6) is 0.325. The van der Waals surface area contributed by atoms with Gasteiger partial charge in [0.15, 0.2) is 0 Å². The topological polar surface area (TPSA) is 64.6 Å². The summed E-state index contributed by atoms with van der Waals surface area (Å²) in [4.78, 5) is 0.139. The van der Waals surface area contributed by atoms with Crippen LogP contribution in [0.5, 0.6) is 5.75 Å². The van der Waals surface area contributed by atoms with Gasteiger partial charge in [0.2, 0.25) is 10.0 Å². The minimum atomic E-state index is -3.60. The van der Waals surface area contributed by atoms with Gasteiger partial charge in [-0.3, -0.25) is 0 Å². The highest BCUT2D eigenvalue weighted by atomic mass is 32.2. The van der Waals surface area contributed by atoms with Crippen molar-refractivity contribution in [1.29, 1.82) is 0 Å². The zero-order valence-electron chi connectivity index (χ0n) is 12.1. The Bertz CT molecular complexity index is 567. The lowest BCUT2D eigenvalue weighted by molar-refractivity contribution is 0.162. The van der Waals surface area contributed by atoms with Crippen LogP contribution in [-0.2, 0) is 14.8 Å². The summed E-state index contributed by atoms with van der Waals surface area (Å²) < 4.78 is 37.2. The second kappa shape index (κ2) is 7.42. The van der Waals surface area contributed by atoms with Gasteiger partial charge in [0.1, 0.15) is 10.6 Å². The molecule has 0 aliphatic heterocycles. The van der Waals surface area contributed by atoms with Crippen LogP contribution in [0, 0.1) is 6.92 Å². The lowest BCUT2D eigenvalue weighted by Crippen LogP contribution is -2.28. The van der Waals surface area contributed by atoms with Gasteiger partial charge in [-0.1, -0.05) is 18.2 Å². The molecule has 0 unspecified atom stereocenters. The molecule has 0 atom stereocenters. The van der Waals surface area contributed by atoms with Crippen molar-refractivity contribution in [2.45, 2.75) is 18.7 Å². The van der Waals surface area contributed by atoms with Crippen LogP contribution in [0.15, 0.2) is 35.2 Å². The number of aryl methyl sites for hydroxylation is 1. The lowest BCUT2D eigenvalue weighted by Gasteiger charge is -2.11. The third kappa shape index (κ3) is 4.96. The molecule has 6 heteroatoms. The van der Waals surface area contributed by atoms with E-state index in [0.717, 1.165) is 11.1 Å². The third-order valence-electron chi connectivity index (χ3n) is 2.50. The third-order valence-corrected chi connectivity index (χ3v) is 3.98. The van der Waals surface area contributed by atoms with Crippen LogP contribution in [0.1, 0.15) is 12.5 Å². The van der Waals surface area contributed by atoms with Crippen molar-refractivity contribution in [2.24, 2.45) is 0 Å². The van der Waals surface area contributed by atoms with E-state index >= 15 is 0 Å². The second-order valence-electron chi connectivity index (χ2n) is 4.56. The molecule has 20 heavy (non-hydrogen) atoms. The van der Waals surface area contributed by atoms with Gasteiger partial charge in [-0.15, -0.1) is 0 Å². The first kappa shape index (κ1) is 16.7. The van der Waals surface area contributed by atoms with Crippen molar-refractivity contribution in [3.63, 3.8) is 0 Å². The first-order valence-corrected chi connectivity index (χ1v) is 7.71. The van der Waals surface area contributed by atoms with Crippen LogP contribution in [0.3, 0.4) is 0 Å². The van der Waals surface area contributed by atoms with E-state index in [1.54, 1.807) is 18.2 Å². The highest BCUT2D eigenvalue weighted by Crippen LogP contribution is 2.24. The first-order valence-electron chi connectivity index (χ1n) is 6.23. The van der Waals surface area contributed by atoms with E-state index in [4.69, 9.17) is 9.47 Å². The SMILES string of the molecule is C=C(C)COCCNS(=O)(=O)c1cc(C)ccc1OC. The number of nitrogens with one attached hydrogen (secondary N) is 1. The van der Waals surface area contributed by atoms with E-state index in [0.29, 0.717) is 19.0 Å². The molecule has 1 aromatic rings. The van der Waals surface area contributed by atoms with Crippen LogP contribution in [0.2, 0.25) is 0 Å². The van der Waals surface area contributed by atoms with Crippen LogP contribution in [0.4, 0.5) is 0 Å². The van der Waals surface area contributed by atoms with Crippen LogP contribution >= 0.6 is 0 Å². The average molecular weight is 299 g/mol. The number of rotatable bonds is 8. The first-order chi connectivity index (χ1) is 9.36. The number of ether oxygens (including phenoxy) is 2. The maximum Gasteiger partial charge on any atom is 0.244 e. The predicted octanol–water partition coefficient (Wildman–Crippen LogP) is 1.87. The van der Waals surface area contributed by atoms with Gasteiger partial charge in [-0.25, -0.2) is 13.1 Å². The summed E-state index contributed by atoms with van der Waals surface area (Å²) in [6.07, 6.45) is 0. The summed E-state index contributed by atoms with van der Waals surface area (Å²) in [6, 6.07) is 5.02. The fraction of sp³-hybridized carbons (Fsp3) is 0.429. The molecule has 0 amide bonds. The standard InChI is InChI=1S/C14H21NO4S/c1-11(2)10-19-8-7-15-20(16,17)14-9-12(3)5-6-13(14)18-4/h5-6,9,15H,1,7-8,10H2,2-4H3. The molecule has 0 aromatic heterocycles. The van der Waals surface area contributed by atoms with E-state index < -0.39 is 10.0 Å². The zero-order valence-corrected chi connectivity index (χ0v) is 12.9.